The minimum Gasteiger partial charge on any atom is -0.354 e. The van der Waals surface area contributed by atoms with Gasteiger partial charge in [-0.05, 0) is 24.6 Å². The van der Waals surface area contributed by atoms with Crippen LogP contribution in [0, 0.1) is 10.1 Å². The van der Waals surface area contributed by atoms with Crippen molar-refractivity contribution < 1.29 is 4.92 Å². The number of hydrogen-bond donors (Lipinski definition) is 2. The first-order valence-corrected chi connectivity index (χ1v) is 8.57. The van der Waals surface area contributed by atoms with E-state index in [0.29, 0.717) is 11.5 Å². The lowest BCUT2D eigenvalue weighted by molar-refractivity contribution is -0.385. The Hall–Kier alpha value is -4.01. The van der Waals surface area contributed by atoms with E-state index in [1.165, 1.54) is 6.20 Å². The molecular formula is C19H16N6O3. The molecule has 9 nitrogen and oxygen atoms in total. The topological polar surface area (TPSA) is 118 Å². The molecule has 3 heterocycles. The van der Waals surface area contributed by atoms with Gasteiger partial charge in [-0.15, -0.1) is 0 Å². The average Bonchev–Trinajstić information content (AvgIpc) is 3.19. The zero-order valence-corrected chi connectivity index (χ0v) is 14.9. The minimum absolute atomic E-state index is 0.0913. The SMILES string of the molecule is C[C@@H](Nc1nc2ccccn2c(=O)c1[N+](=O)[O-])c1ncc(-c2ccccc2)[nH]1. The van der Waals surface area contributed by atoms with Crippen molar-refractivity contribution >= 4 is 17.2 Å². The quantitative estimate of drug-likeness (QED) is 0.408. The highest BCUT2D eigenvalue weighted by atomic mass is 16.6. The maximum atomic E-state index is 12.5. The smallest absolute Gasteiger partial charge is 0.354 e. The predicted molar refractivity (Wildman–Crippen MR) is 104 cm³/mol. The number of anilines is 1. The number of benzene rings is 1. The Morgan fingerprint density at radius 1 is 1.18 bits per heavy atom. The molecule has 0 saturated carbocycles. The number of pyridine rings is 1. The molecule has 1 aromatic carbocycles. The maximum Gasteiger partial charge on any atom is 0.376 e. The predicted octanol–water partition coefficient (Wildman–Crippen LogP) is 3.17. The summed E-state index contributed by atoms with van der Waals surface area (Å²) in [5.41, 5.74) is 0.768. The lowest BCUT2D eigenvalue weighted by Gasteiger charge is -2.13. The van der Waals surface area contributed by atoms with Crippen LogP contribution in [0.3, 0.4) is 0 Å². The van der Waals surface area contributed by atoms with Crippen molar-refractivity contribution in [2.24, 2.45) is 0 Å². The molecule has 3 aromatic heterocycles. The van der Waals surface area contributed by atoms with Crippen LogP contribution < -0.4 is 10.9 Å². The van der Waals surface area contributed by atoms with Gasteiger partial charge >= 0.3 is 11.2 Å². The summed E-state index contributed by atoms with van der Waals surface area (Å²) in [6, 6.07) is 14.2. The van der Waals surface area contributed by atoms with Gasteiger partial charge in [0.15, 0.2) is 0 Å². The van der Waals surface area contributed by atoms with Gasteiger partial charge in [0.1, 0.15) is 11.5 Å². The van der Waals surface area contributed by atoms with E-state index >= 15 is 0 Å². The van der Waals surface area contributed by atoms with Crippen molar-refractivity contribution in [3.8, 4) is 11.3 Å². The minimum atomic E-state index is -0.741. The fraction of sp³-hybridized carbons (Fsp3) is 0.105. The molecule has 1 atom stereocenters. The first kappa shape index (κ1) is 17.4. The number of fused-ring (bicyclic) bond motifs is 1. The highest BCUT2D eigenvalue weighted by molar-refractivity contribution is 5.61. The van der Waals surface area contributed by atoms with Crippen LogP contribution in [-0.4, -0.2) is 24.3 Å². The second-order valence-electron chi connectivity index (χ2n) is 6.21. The third kappa shape index (κ3) is 3.09. The number of rotatable bonds is 5. The molecule has 0 radical (unpaired) electrons. The molecule has 0 unspecified atom stereocenters. The summed E-state index contributed by atoms with van der Waals surface area (Å²) in [4.78, 5) is 35.1. The molecule has 2 N–H and O–H groups in total. The van der Waals surface area contributed by atoms with Gasteiger partial charge in [0, 0.05) is 6.20 Å². The fourth-order valence-electron chi connectivity index (χ4n) is 2.94. The van der Waals surface area contributed by atoms with Crippen molar-refractivity contribution in [2.75, 3.05) is 5.32 Å². The van der Waals surface area contributed by atoms with Crippen LogP contribution in [0.4, 0.5) is 11.5 Å². The van der Waals surface area contributed by atoms with E-state index in [1.54, 1.807) is 31.3 Å². The second kappa shape index (κ2) is 6.95. The van der Waals surface area contributed by atoms with Crippen molar-refractivity contribution in [2.45, 2.75) is 13.0 Å². The van der Waals surface area contributed by atoms with E-state index in [4.69, 9.17) is 0 Å². The van der Waals surface area contributed by atoms with Gasteiger partial charge in [-0.25, -0.2) is 9.97 Å². The molecule has 0 aliphatic rings. The third-order valence-corrected chi connectivity index (χ3v) is 4.34. The fourth-order valence-corrected chi connectivity index (χ4v) is 2.94. The van der Waals surface area contributed by atoms with Crippen molar-refractivity contribution in [1.82, 2.24) is 19.4 Å². The van der Waals surface area contributed by atoms with E-state index in [0.717, 1.165) is 15.7 Å². The molecular weight excluding hydrogens is 360 g/mol. The summed E-state index contributed by atoms with van der Waals surface area (Å²) >= 11 is 0. The van der Waals surface area contributed by atoms with Gasteiger partial charge in [0.05, 0.1) is 22.9 Å². The van der Waals surface area contributed by atoms with Crippen LogP contribution in [-0.2, 0) is 0 Å². The van der Waals surface area contributed by atoms with Gasteiger partial charge in [0.2, 0.25) is 5.82 Å². The molecule has 0 saturated heterocycles. The Labute approximate surface area is 158 Å². The monoisotopic (exact) mass is 376 g/mol. The molecule has 140 valence electrons. The molecule has 28 heavy (non-hydrogen) atoms. The molecule has 4 aromatic rings. The zero-order chi connectivity index (χ0) is 19.7. The number of nitrogens with zero attached hydrogens (tertiary/aromatic N) is 4. The molecule has 0 amide bonds. The van der Waals surface area contributed by atoms with E-state index in [-0.39, 0.29) is 5.82 Å². The molecule has 0 spiro atoms. The van der Waals surface area contributed by atoms with Crippen LogP contribution in [0.5, 0.6) is 0 Å². The van der Waals surface area contributed by atoms with Gasteiger partial charge < -0.3 is 10.3 Å². The summed E-state index contributed by atoms with van der Waals surface area (Å²) in [7, 11) is 0. The van der Waals surface area contributed by atoms with Crippen molar-refractivity contribution in [1.29, 1.82) is 0 Å². The Morgan fingerprint density at radius 3 is 2.68 bits per heavy atom. The summed E-state index contributed by atoms with van der Waals surface area (Å²) in [6.07, 6.45) is 3.14. The van der Waals surface area contributed by atoms with Crippen LogP contribution in [0.25, 0.3) is 16.9 Å². The van der Waals surface area contributed by atoms with Crippen LogP contribution in [0.15, 0.2) is 65.7 Å². The maximum absolute atomic E-state index is 12.5. The lowest BCUT2D eigenvalue weighted by Crippen LogP contribution is -2.22. The Kier molecular flexibility index (Phi) is 4.32. The normalized spacial score (nSPS) is 12.0. The molecule has 0 aliphatic heterocycles. The molecule has 0 bridgehead atoms. The van der Waals surface area contributed by atoms with Crippen LogP contribution >= 0.6 is 0 Å². The molecule has 0 fully saturated rings. The number of H-pyrrole nitrogens is 1. The number of nitrogens with one attached hydrogen (secondary N) is 2. The number of aromatic nitrogens is 4. The van der Waals surface area contributed by atoms with E-state index in [9.17, 15) is 14.9 Å². The Balaban J connectivity index is 1.70. The van der Waals surface area contributed by atoms with E-state index in [2.05, 4.69) is 20.3 Å². The zero-order valence-electron chi connectivity index (χ0n) is 14.9. The first-order valence-electron chi connectivity index (χ1n) is 8.57. The summed E-state index contributed by atoms with van der Waals surface area (Å²) < 4.78 is 1.15. The Morgan fingerprint density at radius 2 is 1.93 bits per heavy atom. The molecule has 0 aliphatic carbocycles. The largest absolute Gasteiger partial charge is 0.376 e. The molecule has 4 rings (SSSR count). The highest BCUT2D eigenvalue weighted by Crippen LogP contribution is 2.24. The van der Waals surface area contributed by atoms with E-state index < -0.39 is 22.2 Å². The first-order chi connectivity index (χ1) is 13.5. The van der Waals surface area contributed by atoms with Crippen LogP contribution in [0.1, 0.15) is 18.8 Å². The van der Waals surface area contributed by atoms with E-state index in [1.807, 2.05) is 30.3 Å². The number of nitro groups is 1. The summed E-state index contributed by atoms with van der Waals surface area (Å²) in [5.74, 6) is 0.481. The third-order valence-electron chi connectivity index (χ3n) is 4.34. The number of aromatic amines is 1. The van der Waals surface area contributed by atoms with Crippen LogP contribution in [0.2, 0.25) is 0 Å². The number of imidazole rings is 1. The number of hydrogen-bond acceptors (Lipinski definition) is 6. The van der Waals surface area contributed by atoms with Crippen molar-refractivity contribution in [3.63, 3.8) is 0 Å². The lowest BCUT2D eigenvalue weighted by atomic mass is 10.2. The molecule has 9 heteroatoms. The summed E-state index contributed by atoms with van der Waals surface area (Å²) in [5, 5.41) is 14.4. The average molecular weight is 376 g/mol. The van der Waals surface area contributed by atoms with Gasteiger partial charge in [-0.3, -0.25) is 19.3 Å². The van der Waals surface area contributed by atoms with Gasteiger partial charge in [0.25, 0.3) is 0 Å². The highest BCUT2D eigenvalue weighted by Gasteiger charge is 2.25. The van der Waals surface area contributed by atoms with Gasteiger partial charge in [-0.1, -0.05) is 36.4 Å². The summed E-state index contributed by atoms with van der Waals surface area (Å²) in [6.45, 7) is 1.78. The Bertz CT molecular complexity index is 1220. The second-order valence-corrected chi connectivity index (χ2v) is 6.21. The van der Waals surface area contributed by atoms with Gasteiger partial charge in [-0.2, -0.15) is 0 Å². The van der Waals surface area contributed by atoms with Crippen molar-refractivity contribution in [3.05, 3.63) is 87.2 Å². The standard InChI is InChI=1S/C19H16N6O3/c1-12(17-20-11-14(22-17)13-7-3-2-4-8-13)21-18-16(25(27)28)19(26)24-10-6-5-9-15(24)23-18/h2-12,21H,1H3,(H,20,22)/t12-/m1/s1.